The fraction of sp³-hybridized carbons (Fsp3) is 0.323. The molecular formula is C31H32N8. The van der Waals surface area contributed by atoms with E-state index in [-0.39, 0.29) is 0 Å². The van der Waals surface area contributed by atoms with Crippen LogP contribution in [-0.2, 0) is 25.9 Å². The number of hydrogen-bond donors (Lipinski definition) is 1. The first-order valence-electron chi connectivity index (χ1n) is 13.8. The normalized spacial score (nSPS) is 17.0. The maximum Gasteiger partial charge on any atom is 0.131 e. The number of nitrogens with one attached hydrogen (secondary N) is 1. The maximum absolute atomic E-state index is 5.09. The first kappa shape index (κ1) is 23.9. The van der Waals surface area contributed by atoms with Crippen molar-refractivity contribution in [2.75, 3.05) is 25.5 Å². The van der Waals surface area contributed by atoms with Gasteiger partial charge >= 0.3 is 0 Å². The summed E-state index contributed by atoms with van der Waals surface area (Å²) in [6, 6.07) is 11.2. The van der Waals surface area contributed by atoms with Crippen LogP contribution in [0, 0.1) is 0 Å². The van der Waals surface area contributed by atoms with Gasteiger partial charge in [-0.3, -0.25) is 19.6 Å². The molecule has 4 aromatic rings. The van der Waals surface area contributed by atoms with Crippen molar-refractivity contribution in [2.24, 2.45) is 4.99 Å². The van der Waals surface area contributed by atoms with E-state index in [0.29, 0.717) is 0 Å². The van der Waals surface area contributed by atoms with Crippen LogP contribution in [0.25, 0.3) is 22.5 Å². The zero-order valence-corrected chi connectivity index (χ0v) is 22.5. The topological polar surface area (TPSA) is 84.1 Å². The molecule has 0 amide bonds. The highest BCUT2D eigenvalue weighted by Crippen LogP contribution is 2.37. The van der Waals surface area contributed by atoms with E-state index in [9.17, 15) is 0 Å². The fourth-order valence-corrected chi connectivity index (χ4v) is 5.99. The molecule has 0 spiro atoms. The molecule has 1 aromatic carbocycles. The van der Waals surface area contributed by atoms with Crippen LogP contribution >= 0.6 is 0 Å². The first-order chi connectivity index (χ1) is 19.2. The molecule has 0 saturated carbocycles. The van der Waals surface area contributed by atoms with Crippen LogP contribution in [0.15, 0.2) is 71.4 Å². The van der Waals surface area contributed by atoms with Crippen LogP contribution in [0.4, 0.5) is 5.69 Å². The number of allylic oxidation sites excluding steroid dienone is 2. The lowest BCUT2D eigenvalue weighted by molar-refractivity contribution is 0.310. The molecule has 0 unspecified atom stereocenters. The maximum atomic E-state index is 5.09. The van der Waals surface area contributed by atoms with Crippen molar-refractivity contribution in [2.45, 2.75) is 45.7 Å². The van der Waals surface area contributed by atoms with Crippen molar-refractivity contribution in [1.82, 2.24) is 29.9 Å². The van der Waals surface area contributed by atoms with Gasteiger partial charge in [0, 0.05) is 67.0 Å². The molecule has 8 nitrogen and oxygen atoms in total. The molecule has 1 N–H and O–H groups in total. The molecule has 0 aliphatic carbocycles. The highest BCUT2D eigenvalue weighted by molar-refractivity contribution is 6.17. The molecule has 0 atom stereocenters. The summed E-state index contributed by atoms with van der Waals surface area (Å²) in [7, 11) is 2.16. The van der Waals surface area contributed by atoms with E-state index >= 15 is 0 Å². The standard InChI is InChI=1S/C31H32N8/c1-3-21-14-26-27-8-10-33-30(26)28-19-39(37-36-28)12-4-11-38(2)18-20-13-24(17-32-16-20)23-6-5-22-7-9-34-31(25(22)15-23)29(21)35-27/h5-6,8,10,13,15-17,19,35H,3-4,7,9,11-12,14,18H2,1-2H3. The predicted octanol–water partition coefficient (Wildman–Crippen LogP) is 4.92. The number of hydrogen-bond acceptors (Lipinski definition) is 7. The number of nitrogens with zero attached hydrogens (tertiary/aromatic N) is 7. The minimum Gasteiger partial charge on any atom is -0.353 e. The molecule has 196 valence electrons. The average molecular weight is 517 g/mol. The zero-order valence-electron chi connectivity index (χ0n) is 22.5. The van der Waals surface area contributed by atoms with Gasteiger partial charge < -0.3 is 10.2 Å². The Bertz CT molecular complexity index is 1630. The highest BCUT2D eigenvalue weighted by atomic mass is 15.4. The molecular weight excluding hydrogens is 484 g/mol. The van der Waals surface area contributed by atoms with Crippen LogP contribution in [-0.4, -0.2) is 55.7 Å². The van der Waals surface area contributed by atoms with Gasteiger partial charge in [-0.05, 0) is 73.3 Å². The first-order valence-corrected chi connectivity index (χ1v) is 13.8. The van der Waals surface area contributed by atoms with Gasteiger partial charge in [-0.2, -0.15) is 0 Å². The van der Waals surface area contributed by atoms with Crippen molar-refractivity contribution < 1.29 is 0 Å². The molecule has 4 aliphatic rings. The number of aryl methyl sites for hydroxylation is 1. The van der Waals surface area contributed by atoms with Crippen molar-refractivity contribution in [1.29, 1.82) is 0 Å². The lowest BCUT2D eigenvalue weighted by Crippen LogP contribution is -2.25. The van der Waals surface area contributed by atoms with Crippen LogP contribution in [0.3, 0.4) is 0 Å². The average Bonchev–Trinajstić information content (AvgIpc) is 3.44. The molecule has 39 heavy (non-hydrogen) atoms. The molecule has 8 heteroatoms. The lowest BCUT2D eigenvalue weighted by atomic mass is 9.87. The van der Waals surface area contributed by atoms with Gasteiger partial charge in [0.1, 0.15) is 5.69 Å². The van der Waals surface area contributed by atoms with Gasteiger partial charge in [0.25, 0.3) is 0 Å². The Balaban J connectivity index is 1.38. The Hall–Kier alpha value is -4.17. The number of aromatic nitrogens is 5. The molecule has 3 aromatic heterocycles. The molecule has 0 radical (unpaired) electrons. The van der Waals surface area contributed by atoms with Crippen LogP contribution < -0.4 is 5.32 Å². The summed E-state index contributed by atoms with van der Waals surface area (Å²) < 4.78 is 1.94. The summed E-state index contributed by atoms with van der Waals surface area (Å²) in [5.41, 5.74) is 13.6. The van der Waals surface area contributed by atoms with E-state index < -0.39 is 0 Å². The summed E-state index contributed by atoms with van der Waals surface area (Å²) in [5, 5.41) is 12.7. The third-order valence-electron chi connectivity index (χ3n) is 8.03. The minimum atomic E-state index is 0.796. The van der Waals surface area contributed by atoms with Gasteiger partial charge in [0.15, 0.2) is 0 Å². The van der Waals surface area contributed by atoms with Gasteiger partial charge in [0.2, 0.25) is 0 Å². The SMILES string of the molecule is CCC1=C2Nc3ccnc(c3C1)-c1cn(nn1)CCCN(C)Cc1cncc(c1)-c1ccc3c(c1)C2=NCC3. The van der Waals surface area contributed by atoms with E-state index in [1.54, 1.807) is 0 Å². The van der Waals surface area contributed by atoms with E-state index in [1.165, 1.54) is 33.4 Å². The number of pyridine rings is 2. The Morgan fingerprint density at radius 3 is 2.92 bits per heavy atom. The van der Waals surface area contributed by atoms with E-state index in [4.69, 9.17) is 9.98 Å². The van der Waals surface area contributed by atoms with Crippen LogP contribution in [0.5, 0.6) is 0 Å². The molecule has 0 saturated heterocycles. The van der Waals surface area contributed by atoms with Gasteiger partial charge in [0.05, 0.1) is 23.3 Å². The second kappa shape index (κ2) is 9.85. The zero-order chi connectivity index (χ0) is 26.3. The van der Waals surface area contributed by atoms with Crippen molar-refractivity contribution in [3.63, 3.8) is 0 Å². The van der Waals surface area contributed by atoms with Gasteiger partial charge in [-0.25, -0.2) is 0 Å². The van der Waals surface area contributed by atoms with Crippen LogP contribution in [0.1, 0.15) is 42.0 Å². The second-order valence-corrected chi connectivity index (χ2v) is 10.7. The third-order valence-corrected chi connectivity index (χ3v) is 8.03. The van der Waals surface area contributed by atoms with Crippen LogP contribution in [0.2, 0.25) is 0 Å². The minimum absolute atomic E-state index is 0.796. The highest BCUT2D eigenvalue weighted by Gasteiger charge is 2.27. The number of benzene rings is 1. The Labute approximate surface area is 228 Å². The molecule has 7 heterocycles. The van der Waals surface area contributed by atoms with Gasteiger partial charge in [-0.1, -0.05) is 24.3 Å². The summed E-state index contributed by atoms with van der Waals surface area (Å²) >= 11 is 0. The molecule has 10 bridgehead atoms. The van der Waals surface area contributed by atoms with Crippen molar-refractivity contribution >= 4 is 11.4 Å². The Morgan fingerprint density at radius 1 is 1.05 bits per heavy atom. The van der Waals surface area contributed by atoms with Gasteiger partial charge in [-0.15, -0.1) is 5.10 Å². The third kappa shape index (κ3) is 4.44. The Kier molecular flexibility index (Phi) is 6.04. The van der Waals surface area contributed by atoms with E-state index in [2.05, 4.69) is 69.8 Å². The summed E-state index contributed by atoms with van der Waals surface area (Å²) in [6.45, 7) is 5.63. The smallest absolute Gasteiger partial charge is 0.131 e. The van der Waals surface area contributed by atoms with Crippen molar-refractivity contribution in [3.8, 4) is 22.5 Å². The van der Waals surface area contributed by atoms with Crippen molar-refractivity contribution in [3.05, 3.63) is 88.6 Å². The quantitative estimate of drug-likeness (QED) is 0.387. The predicted molar refractivity (Wildman–Crippen MR) is 154 cm³/mol. The molecule has 8 rings (SSSR count). The van der Waals surface area contributed by atoms with E-state index in [0.717, 1.165) is 85.9 Å². The largest absolute Gasteiger partial charge is 0.353 e. The summed E-state index contributed by atoms with van der Waals surface area (Å²) in [4.78, 5) is 16.8. The second-order valence-electron chi connectivity index (χ2n) is 10.7. The fourth-order valence-electron chi connectivity index (χ4n) is 5.99. The number of anilines is 1. The Morgan fingerprint density at radius 2 is 2.00 bits per heavy atom. The van der Waals surface area contributed by atoms with E-state index in [1.807, 2.05) is 29.5 Å². The molecule has 0 fully saturated rings. The lowest BCUT2D eigenvalue weighted by Gasteiger charge is -2.29. The number of aliphatic imine (C=N–C) groups is 1. The molecule has 4 aliphatic heterocycles. The summed E-state index contributed by atoms with van der Waals surface area (Å²) in [6.07, 6.45) is 11.5. The number of fused-ring (bicyclic) bond motifs is 5. The summed E-state index contributed by atoms with van der Waals surface area (Å²) in [5.74, 6) is 0. The monoisotopic (exact) mass is 516 g/mol. The number of rotatable bonds is 1.